The molecule has 0 fully saturated rings. The van der Waals surface area contributed by atoms with Crippen LogP contribution in [0, 0.1) is 10.1 Å². The van der Waals surface area contributed by atoms with Crippen LogP contribution in [0.3, 0.4) is 0 Å². The van der Waals surface area contributed by atoms with Crippen LogP contribution < -0.4 is 11.1 Å². The van der Waals surface area contributed by atoms with E-state index in [9.17, 15) is 28.1 Å². The van der Waals surface area contributed by atoms with Crippen molar-refractivity contribution in [1.82, 2.24) is 0 Å². The van der Waals surface area contributed by atoms with Crippen LogP contribution in [0.4, 0.5) is 24.5 Å². The fraction of sp³-hybridized carbons (Fsp3) is 0.222. The minimum absolute atomic E-state index is 0.0771. The number of hydrogen-bond donors (Lipinski definition) is 2. The number of nitrogens with one attached hydrogen (secondary N) is 1. The normalized spacial score (nSPS) is 11.1. The van der Waals surface area contributed by atoms with Gasteiger partial charge in [0.25, 0.3) is 5.69 Å². The van der Waals surface area contributed by atoms with E-state index >= 15 is 0 Å². The van der Waals surface area contributed by atoms with Crippen molar-refractivity contribution in [2.45, 2.75) is 6.18 Å². The first-order valence-electron chi connectivity index (χ1n) is 4.59. The monoisotopic (exact) mass is 263 g/mol. The fourth-order valence-corrected chi connectivity index (χ4v) is 1.22. The third-order valence-electron chi connectivity index (χ3n) is 1.97. The van der Waals surface area contributed by atoms with Crippen molar-refractivity contribution in [2.24, 2.45) is 5.73 Å². The van der Waals surface area contributed by atoms with Gasteiger partial charge in [-0.3, -0.25) is 14.9 Å². The van der Waals surface area contributed by atoms with Crippen LogP contribution in [0.15, 0.2) is 18.2 Å². The van der Waals surface area contributed by atoms with E-state index in [1.807, 2.05) is 0 Å². The second-order valence-corrected chi connectivity index (χ2v) is 3.31. The minimum atomic E-state index is -4.85. The zero-order valence-electron chi connectivity index (χ0n) is 8.82. The van der Waals surface area contributed by atoms with Crippen LogP contribution in [0.5, 0.6) is 0 Å². The van der Waals surface area contributed by atoms with E-state index in [2.05, 4.69) is 5.32 Å². The molecular formula is C9H8F3N3O3. The van der Waals surface area contributed by atoms with Gasteiger partial charge in [-0.15, -0.1) is 0 Å². The number of halogens is 3. The molecule has 1 rings (SSSR count). The van der Waals surface area contributed by atoms with Gasteiger partial charge in [0.15, 0.2) is 0 Å². The van der Waals surface area contributed by atoms with Gasteiger partial charge < -0.3 is 11.1 Å². The summed E-state index contributed by atoms with van der Waals surface area (Å²) < 4.78 is 37.7. The van der Waals surface area contributed by atoms with Crippen LogP contribution in [-0.4, -0.2) is 17.4 Å². The van der Waals surface area contributed by atoms with E-state index in [0.717, 1.165) is 6.07 Å². The molecule has 3 N–H and O–H groups in total. The maximum Gasteiger partial charge on any atom is 0.423 e. The molecule has 6 nitrogen and oxygen atoms in total. The highest BCUT2D eigenvalue weighted by Crippen LogP contribution is 2.37. The number of carbonyl (C=O) groups excluding carboxylic acids is 1. The van der Waals surface area contributed by atoms with Gasteiger partial charge in [-0.25, -0.2) is 0 Å². The average molecular weight is 263 g/mol. The first kappa shape index (κ1) is 13.7. The molecule has 0 aliphatic carbocycles. The van der Waals surface area contributed by atoms with Crippen molar-refractivity contribution in [3.63, 3.8) is 0 Å². The lowest BCUT2D eigenvalue weighted by molar-refractivity contribution is -0.388. The molecule has 0 aliphatic rings. The molecule has 0 aliphatic heterocycles. The van der Waals surface area contributed by atoms with Gasteiger partial charge >= 0.3 is 6.18 Å². The van der Waals surface area contributed by atoms with E-state index in [1.54, 1.807) is 0 Å². The zero-order valence-corrected chi connectivity index (χ0v) is 8.82. The summed E-state index contributed by atoms with van der Waals surface area (Å²) in [4.78, 5) is 19.8. The van der Waals surface area contributed by atoms with E-state index in [4.69, 9.17) is 5.73 Å². The van der Waals surface area contributed by atoms with Crippen molar-refractivity contribution >= 4 is 17.3 Å². The molecule has 0 saturated heterocycles. The van der Waals surface area contributed by atoms with Gasteiger partial charge in [0.2, 0.25) is 5.91 Å². The van der Waals surface area contributed by atoms with Crippen LogP contribution >= 0.6 is 0 Å². The van der Waals surface area contributed by atoms with Gasteiger partial charge in [0, 0.05) is 11.8 Å². The molecule has 0 unspecified atom stereocenters. The summed E-state index contributed by atoms with van der Waals surface area (Å²) in [5, 5.41) is 12.8. The molecule has 0 bridgehead atoms. The maximum absolute atomic E-state index is 12.6. The van der Waals surface area contributed by atoms with Gasteiger partial charge in [-0.1, -0.05) is 0 Å². The highest BCUT2D eigenvalue weighted by Gasteiger charge is 2.38. The zero-order chi connectivity index (χ0) is 13.9. The fourth-order valence-electron chi connectivity index (χ4n) is 1.22. The highest BCUT2D eigenvalue weighted by molar-refractivity contribution is 5.79. The Labute approximate surface area is 98.7 Å². The first-order valence-corrected chi connectivity index (χ1v) is 4.59. The van der Waals surface area contributed by atoms with Gasteiger partial charge in [-0.2, -0.15) is 13.2 Å². The summed E-state index contributed by atoms with van der Waals surface area (Å²) in [7, 11) is 0. The molecule has 1 amide bonds. The molecule has 1 aromatic carbocycles. The second kappa shape index (κ2) is 4.90. The number of carbonyl (C=O) groups is 1. The molecule has 9 heteroatoms. The minimum Gasteiger partial charge on any atom is -0.376 e. The van der Waals surface area contributed by atoms with Crippen molar-refractivity contribution in [3.05, 3.63) is 33.9 Å². The molecule has 0 spiro atoms. The lowest BCUT2D eigenvalue weighted by Crippen LogP contribution is -2.22. The summed E-state index contributed by atoms with van der Waals surface area (Å²) in [5.41, 5.74) is 2.30. The molecule has 18 heavy (non-hydrogen) atoms. The van der Waals surface area contributed by atoms with Gasteiger partial charge in [-0.05, 0) is 12.1 Å². The SMILES string of the molecule is NC(=O)CNc1ccc([N+](=O)[O-])c(C(F)(F)F)c1. The first-order chi connectivity index (χ1) is 8.21. The van der Waals surface area contributed by atoms with Crippen molar-refractivity contribution in [1.29, 1.82) is 0 Å². The van der Waals surface area contributed by atoms with E-state index in [0.29, 0.717) is 12.1 Å². The Morgan fingerprint density at radius 1 is 1.44 bits per heavy atom. The van der Waals surface area contributed by atoms with Crippen LogP contribution in [0.1, 0.15) is 5.56 Å². The number of nitrogens with two attached hydrogens (primary N) is 1. The molecule has 1 aromatic rings. The topological polar surface area (TPSA) is 98.3 Å². The predicted octanol–water partition coefficient (Wildman–Crippen LogP) is 1.51. The number of alkyl halides is 3. The number of primary amides is 1. The summed E-state index contributed by atoms with van der Waals surface area (Å²) >= 11 is 0. The Hall–Kier alpha value is -2.32. The summed E-state index contributed by atoms with van der Waals surface area (Å²) in [6.45, 7) is -0.366. The largest absolute Gasteiger partial charge is 0.423 e. The number of hydrogen-bond acceptors (Lipinski definition) is 4. The molecule has 0 radical (unpaired) electrons. The number of benzene rings is 1. The smallest absolute Gasteiger partial charge is 0.376 e. The molecule has 0 aromatic heterocycles. The van der Waals surface area contributed by atoms with E-state index in [-0.39, 0.29) is 12.2 Å². The maximum atomic E-state index is 12.6. The molecule has 0 heterocycles. The summed E-state index contributed by atoms with van der Waals surface area (Å²) in [6.07, 6.45) is -4.85. The third kappa shape index (κ3) is 3.34. The van der Waals surface area contributed by atoms with E-state index in [1.165, 1.54) is 0 Å². The third-order valence-corrected chi connectivity index (χ3v) is 1.97. The lowest BCUT2D eigenvalue weighted by atomic mass is 10.1. The Morgan fingerprint density at radius 2 is 2.06 bits per heavy atom. The molecule has 98 valence electrons. The van der Waals surface area contributed by atoms with Crippen molar-refractivity contribution in [2.75, 3.05) is 11.9 Å². The summed E-state index contributed by atoms with van der Waals surface area (Å²) in [6, 6.07) is 2.34. The van der Waals surface area contributed by atoms with Gasteiger partial charge in [0.05, 0.1) is 11.5 Å². The van der Waals surface area contributed by atoms with Crippen molar-refractivity contribution in [3.8, 4) is 0 Å². The Balaban J connectivity index is 3.14. The summed E-state index contributed by atoms with van der Waals surface area (Å²) in [5.74, 6) is -0.762. The van der Waals surface area contributed by atoms with Crippen LogP contribution in [0.2, 0.25) is 0 Å². The Morgan fingerprint density at radius 3 is 2.50 bits per heavy atom. The van der Waals surface area contributed by atoms with E-state index < -0.39 is 28.3 Å². The lowest BCUT2D eigenvalue weighted by Gasteiger charge is -2.10. The number of nitro benzene ring substituents is 1. The Bertz CT molecular complexity index is 488. The quantitative estimate of drug-likeness (QED) is 0.635. The van der Waals surface area contributed by atoms with Crippen molar-refractivity contribution < 1.29 is 22.9 Å². The number of amides is 1. The second-order valence-electron chi connectivity index (χ2n) is 3.31. The average Bonchev–Trinajstić information content (AvgIpc) is 2.24. The number of nitro groups is 1. The standard InChI is InChI=1S/C9H8F3N3O3/c10-9(11,12)6-3-5(14-4-8(13)16)1-2-7(6)15(17)18/h1-3,14H,4H2,(H2,13,16). The Kier molecular flexibility index (Phi) is 3.74. The van der Waals surface area contributed by atoms with Crippen LogP contribution in [-0.2, 0) is 11.0 Å². The number of anilines is 1. The van der Waals surface area contributed by atoms with Crippen LogP contribution in [0.25, 0.3) is 0 Å². The molecular weight excluding hydrogens is 255 g/mol. The predicted molar refractivity (Wildman–Crippen MR) is 55.8 cm³/mol. The number of nitrogens with zero attached hydrogens (tertiary/aromatic N) is 1. The molecule has 0 saturated carbocycles. The highest BCUT2D eigenvalue weighted by atomic mass is 19.4. The van der Waals surface area contributed by atoms with Gasteiger partial charge in [0.1, 0.15) is 5.56 Å². The molecule has 0 atom stereocenters. The number of rotatable bonds is 4.